The van der Waals surface area contributed by atoms with Crippen LogP contribution in [0.4, 0.5) is 0 Å². The Morgan fingerprint density at radius 3 is 2.04 bits per heavy atom. The molecule has 0 spiro atoms. The maximum Gasteiger partial charge on any atom is 0.488 e. The Bertz CT molecular complexity index is 651. The summed E-state index contributed by atoms with van der Waals surface area (Å²) in [6, 6.07) is 13.0. The minimum absolute atomic E-state index is 0.405. The Hall–Kier alpha value is -2.24. The van der Waals surface area contributed by atoms with Gasteiger partial charge >= 0.3 is 7.12 Å². The van der Waals surface area contributed by atoms with Crippen LogP contribution in [-0.2, 0) is 0 Å². The van der Waals surface area contributed by atoms with E-state index in [0.29, 0.717) is 24.4 Å². The van der Waals surface area contributed by atoms with Crippen molar-refractivity contribution in [3.8, 4) is 11.5 Å². The Kier molecular flexibility index (Phi) is 6.26. The molecule has 0 atom stereocenters. The van der Waals surface area contributed by atoms with Crippen molar-refractivity contribution in [1.82, 2.24) is 0 Å². The summed E-state index contributed by atoms with van der Waals surface area (Å²) in [6.07, 6.45) is 3.86. The molecule has 120 valence electrons. The molecule has 0 saturated heterocycles. The number of rotatable bonds is 7. The van der Waals surface area contributed by atoms with E-state index in [4.69, 9.17) is 9.47 Å². The molecule has 5 heteroatoms. The molecule has 0 radical (unpaired) electrons. The lowest BCUT2D eigenvalue weighted by Crippen LogP contribution is -2.30. The molecule has 2 aromatic rings. The van der Waals surface area contributed by atoms with Gasteiger partial charge in [0.05, 0.1) is 13.2 Å². The summed E-state index contributed by atoms with van der Waals surface area (Å²) in [4.78, 5) is 0. The molecular weight excluding hydrogens is 291 g/mol. The Labute approximate surface area is 137 Å². The van der Waals surface area contributed by atoms with Gasteiger partial charge in [-0.05, 0) is 54.7 Å². The van der Waals surface area contributed by atoms with E-state index in [9.17, 15) is 10.0 Å². The van der Waals surface area contributed by atoms with Gasteiger partial charge in [-0.2, -0.15) is 0 Å². The van der Waals surface area contributed by atoms with Gasteiger partial charge in [0.2, 0.25) is 0 Å². The highest BCUT2D eigenvalue weighted by molar-refractivity contribution is 6.58. The molecular formula is C18H21BO4. The molecule has 0 saturated carbocycles. The van der Waals surface area contributed by atoms with E-state index in [-0.39, 0.29) is 0 Å². The zero-order valence-corrected chi connectivity index (χ0v) is 13.4. The van der Waals surface area contributed by atoms with Crippen molar-refractivity contribution in [3.63, 3.8) is 0 Å². The second-order valence-corrected chi connectivity index (χ2v) is 4.98. The van der Waals surface area contributed by atoms with Gasteiger partial charge in [0.25, 0.3) is 0 Å². The van der Waals surface area contributed by atoms with Crippen LogP contribution in [0.25, 0.3) is 12.2 Å². The van der Waals surface area contributed by atoms with Crippen molar-refractivity contribution < 1.29 is 19.5 Å². The summed E-state index contributed by atoms with van der Waals surface area (Å²) in [6.45, 7) is 5.00. The molecule has 2 aromatic carbocycles. The first-order valence-corrected chi connectivity index (χ1v) is 7.67. The highest BCUT2D eigenvalue weighted by Crippen LogP contribution is 2.17. The fourth-order valence-electron chi connectivity index (χ4n) is 2.18. The van der Waals surface area contributed by atoms with Crippen LogP contribution >= 0.6 is 0 Å². The van der Waals surface area contributed by atoms with Gasteiger partial charge in [0.15, 0.2) is 0 Å². The van der Waals surface area contributed by atoms with Gasteiger partial charge in [-0.1, -0.05) is 30.4 Å². The average Bonchev–Trinajstić information content (AvgIpc) is 2.54. The summed E-state index contributed by atoms with van der Waals surface area (Å²) in [5.74, 6) is 1.46. The Balaban J connectivity index is 2.20. The number of ether oxygens (including phenoxy) is 2. The summed E-state index contributed by atoms with van der Waals surface area (Å²) in [5.41, 5.74) is 2.27. The van der Waals surface area contributed by atoms with E-state index in [1.807, 2.05) is 56.3 Å². The predicted molar refractivity (Wildman–Crippen MR) is 94.0 cm³/mol. The van der Waals surface area contributed by atoms with Crippen LogP contribution in [0.15, 0.2) is 42.5 Å². The smallest absolute Gasteiger partial charge is 0.488 e. The van der Waals surface area contributed by atoms with Crippen LogP contribution in [0, 0.1) is 0 Å². The molecule has 0 aliphatic carbocycles. The Morgan fingerprint density at radius 1 is 0.826 bits per heavy atom. The highest BCUT2D eigenvalue weighted by atomic mass is 16.5. The molecule has 0 amide bonds. The van der Waals surface area contributed by atoms with Crippen molar-refractivity contribution in [2.45, 2.75) is 13.8 Å². The van der Waals surface area contributed by atoms with E-state index >= 15 is 0 Å². The van der Waals surface area contributed by atoms with Crippen LogP contribution in [-0.4, -0.2) is 30.4 Å². The minimum Gasteiger partial charge on any atom is -0.494 e. The molecule has 2 rings (SSSR count). The maximum absolute atomic E-state index is 9.37. The SMILES string of the molecule is CCOc1ccc(/C=C/c2cc(OCC)cc(B(O)O)c2)cc1. The molecule has 2 N–H and O–H groups in total. The van der Waals surface area contributed by atoms with Gasteiger partial charge in [0, 0.05) is 0 Å². The number of hydrogen-bond acceptors (Lipinski definition) is 4. The quantitative estimate of drug-likeness (QED) is 0.608. The maximum atomic E-state index is 9.37. The first-order chi connectivity index (χ1) is 11.1. The second-order valence-electron chi connectivity index (χ2n) is 4.98. The van der Waals surface area contributed by atoms with E-state index in [2.05, 4.69) is 0 Å². The molecule has 0 fully saturated rings. The number of hydrogen-bond donors (Lipinski definition) is 2. The van der Waals surface area contributed by atoms with Crippen molar-refractivity contribution >= 4 is 24.7 Å². The molecule has 23 heavy (non-hydrogen) atoms. The summed E-state index contributed by atoms with van der Waals surface area (Å²) < 4.78 is 10.9. The normalized spacial score (nSPS) is 10.8. The first kappa shape index (κ1) is 17.1. The van der Waals surface area contributed by atoms with E-state index in [1.54, 1.807) is 12.1 Å². The van der Waals surface area contributed by atoms with Gasteiger partial charge in [-0.15, -0.1) is 0 Å². The Morgan fingerprint density at radius 2 is 1.43 bits per heavy atom. The summed E-state index contributed by atoms with van der Waals surface area (Å²) in [5, 5.41) is 18.7. The third-order valence-corrected chi connectivity index (χ3v) is 3.22. The van der Waals surface area contributed by atoms with Crippen LogP contribution in [0.5, 0.6) is 11.5 Å². The zero-order valence-electron chi connectivity index (χ0n) is 13.4. The molecule has 0 aliphatic heterocycles. The second kappa shape index (κ2) is 8.41. The highest BCUT2D eigenvalue weighted by Gasteiger charge is 2.12. The fourth-order valence-corrected chi connectivity index (χ4v) is 2.18. The lowest BCUT2D eigenvalue weighted by Gasteiger charge is -2.08. The van der Waals surface area contributed by atoms with E-state index < -0.39 is 7.12 Å². The third-order valence-electron chi connectivity index (χ3n) is 3.22. The van der Waals surface area contributed by atoms with Crippen LogP contribution in [0.3, 0.4) is 0 Å². The number of benzene rings is 2. The standard InChI is InChI=1S/C18H21BO4/c1-3-22-17-9-7-14(8-10-17)5-6-15-11-16(19(20)21)13-18(12-15)23-4-2/h5-13,20-21H,3-4H2,1-2H3/b6-5+. The van der Waals surface area contributed by atoms with Crippen LogP contribution in [0.2, 0.25) is 0 Å². The van der Waals surface area contributed by atoms with Crippen molar-refractivity contribution in [2.75, 3.05) is 13.2 Å². The zero-order chi connectivity index (χ0) is 16.7. The first-order valence-electron chi connectivity index (χ1n) is 7.67. The lowest BCUT2D eigenvalue weighted by molar-refractivity contribution is 0.340. The fraction of sp³-hybridized carbons (Fsp3) is 0.222. The molecule has 4 nitrogen and oxygen atoms in total. The van der Waals surface area contributed by atoms with Gasteiger partial charge in [0.1, 0.15) is 11.5 Å². The third kappa shape index (κ3) is 5.16. The van der Waals surface area contributed by atoms with Crippen LogP contribution < -0.4 is 14.9 Å². The average molecular weight is 312 g/mol. The minimum atomic E-state index is -1.52. The largest absolute Gasteiger partial charge is 0.494 e. The van der Waals surface area contributed by atoms with Crippen molar-refractivity contribution in [1.29, 1.82) is 0 Å². The van der Waals surface area contributed by atoms with Crippen molar-refractivity contribution in [3.05, 3.63) is 53.6 Å². The predicted octanol–water partition coefficient (Wildman–Crippen LogP) is 2.33. The van der Waals surface area contributed by atoms with E-state index in [0.717, 1.165) is 16.9 Å². The van der Waals surface area contributed by atoms with E-state index in [1.165, 1.54) is 0 Å². The molecule has 0 unspecified atom stereocenters. The molecule has 0 heterocycles. The summed E-state index contributed by atoms with van der Waals surface area (Å²) in [7, 11) is -1.52. The van der Waals surface area contributed by atoms with Gasteiger partial charge < -0.3 is 19.5 Å². The topological polar surface area (TPSA) is 58.9 Å². The molecule has 0 aromatic heterocycles. The lowest BCUT2D eigenvalue weighted by atomic mass is 9.79. The van der Waals surface area contributed by atoms with Gasteiger partial charge in [-0.3, -0.25) is 0 Å². The molecule has 0 bridgehead atoms. The van der Waals surface area contributed by atoms with Crippen molar-refractivity contribution in [2.24, 2.45) is 0 Å². The monoisotopic (exact) mass is 312 g/mol. The van der Waals surface area contributed by atoms with Crippen LogP contribution in [0.1, 0.15) is 25.0 Å². The molecule has 0 aliphatic rings. The van der Waals surface area contributed by atoms with Gasteiger partial charge in [-0.25, -0.2) is 0 Å². The summed E-state index contributed by atoms with van der Waals surface area (Å²) >= 11 is 0.